The molecule has 36 heavy (non-hydrogen) atoms. The number of rotatable bonds is 11. The number of hydrogen-bond donors (Lipinski definition) is 2. The van der Waals surface area contributed by atoms with Crippen molar-refractivity contribution in [3.63, 3.8) is 0 Å². The van der Waals surface area contributed by atoms with Crippen molar-refractivity contribution in [3.8, 4) is 22.1 Å². The van der Waals surface area contributed by atoms with E-state index in [4.69, 9.17) is 26.8 Å². The highest BCUT2D eigenvalue weighted by Crippen LogP contribution is 2.31. The molecule has 0 bridgehead atoms. The van der Waals surface area contributed by atoms with Crippen molar-refractivity contribution in [2.24, 2.45) is 5.73 Å². The zero-order valence-corrected chi connectivity index (χ0v) is 22.0. The highest BCUT2D eigenvalue weighted by atomic mass is 35.5. The van der Waals surface area contributed by atoms with Crippen molar-refractivity contribution < 1.29 is 23.9 Å². The molecule has 0 aliphatic rings. The molecule has 0 unspecified atom stereocenters. The number of thiophene rings is 1. The van der Waals surface area contributed by atoms with Crippen molar-refractivity contribution in [2.45, 2.75) is 32.9 Å². The number of methoxy groups -OCH3 is 2. The van der Waals surface area contributed by atoms with Crippen LogP contribution in [-0.4, -0.2) is 59.0 Å². The average molecular weight is 534 g/mol. The first kappa shape index (κ1) is 27.0. The third-order valence-electron chi connectivity index (χ3n) is 5.24. The van der Waals surface area contributed by atoms with Gasteiger partial charge in [-0.1, -0.05) is 17.7 Å². The number of nitrogens with one attached hydrogen (secondary N) is 1. The molecule has 192 valence electrons. The Morgan fingerprint density at radius 3 is 2.47 bits per heavy atom. The lowest BCUT2D eigenvalue weighted by molar-refractivity contribution is -0.135. The monoisotopic (exact) mass is 533 g/mol. The van der Waals surface area contributed by atoms with Gasteiger partial charge in [0.1, 0.15) is 18.8 Å². The molecular weight excluding hydrogens is 506 g/mol. The van der Waals surface area contributed by atoms with Crippen LogP contribution in [0.15, 0.2) is 36.5 Å². The van der Waals surface area contributed by atoms with Crippen molar-refractivity contribution >= 4 is 46.6 Å². The summed E-state index contributed by atoms with van der Waals surface area (Å²) in [7, 11) is 3.06. The van der Waals surface area contributed by atoms with Gasteiger partial charge in [-0.2, -0.15) is 0 Å². The van der Waals surface area contributed by atoms with E-state index in [2.05, 4.69) is 10.3 Å². The number of benzene rings is 1. The van der Waals surface area contributed by atoms with Gasteiger partial charge < -0.3 is 24.7 Å². The van der Waals surface area contributed by atoms with Crippen molar-refractivity contribution in [2.75, 3.05) is 26.1 Å². The first-order valence-corrected chi connectivity index (χ1v) is 12.2. The molecule has 3 amide bonds. The predicted octanol–water partition coefficient (Wildman–Crippen LogP) is 3.19. The molecule has 10 nitrogen and oxygen atoms in total. The second-order valence-electron chi connectivity index (χ2n) is 8.18. The van der Waals surface area contributed by atoms with Gasteiger partial charge in [0.2, 0.25) is 23.7 Å². The fraction of sp³-hybridized carbons (Fsp3) is 0.333. The molecule has 1 aromatic carbocycles. The lowest BCUT2D eigenvalue weighted by Crippen LogP contribution is -2.43. The molecule has 0 fully saturated rings. The minimum absolute atomic E-state index is 0.0748. The first-order chi connectivity index (χ1) is 17.1. The largest absolute Gasteiger partial charge is 0.493 e. The van der Waals surface area contributed by atoms with E-state index in [1.807, 2.05) is 13.8 Å². The fourth-order valence-electron chi connectivity index (χ4n) is 3.52. The summed E-state index contributed by atoms with van der Waals surface area (Å²) in [5.41, 5.74) is 6.62. The fourth-order valence-corrected chi connectivity index (χ4v) is 4.52. The van der Waals surface area contributed by atoms with Gasteiger partial charge >= 0.3 is 0 Å². The van der Waals surface area contributed by atoms with Crippen molar-refractivity contribution in [1.82, 2.24) is 14.5 Å². The number of nitrogens with zero attached hydrogens (tertiary/aromatic N) is 3. The van der Waals surface area contributed by atoms with Gasteiger partial charge in [-0.05, 0) is 43.7 Å². The Balaban J connectivity index is 1.75. The van der Waals surface area contributed by atoms with Gasteiger partial charge in [-0.25, -0.2) is 4.98 Å². The highest BCUT2D eigenvalue weighted by Gasteiger charge is 2.23. The molecule has 0 spiro atoms. The zero-order chi connectivity index (χ0) is 26.4. The van der Waals surface area contributed by atoms with Crippen LogP contribution >= 0.6 is 22.9 Å². The first-order valence-electron chi connectivity index (χ1n) is 11.0. The smallest absolute Gasteiger partial charge is 0.246 e. The number of carbonyl (C=O) groups is 3. The molecular formula is C24H28ClN5O5S. The number of primary amides is 1. The summed E-state index contributed by atoms with van der Waals surface area (Å²) in [4.78, 5) is 44.2. The SMILES string of the molecule is COc1ccc(CC(=O)N(CC(=O)Nc2nc(-c3ccc(Cl)s3)cn2CC(N)=O)C(C)C)cc1OC. The maximum atomic E-state index is 13.1. The number of nitrogens with two attached hydrogens (primary N) is 1. The molecule has 0 saturated carbocycles. The zero-order valence-electron chi connectivity index (χ0n) is 20.4. The number of amides is 3. The number of carbonyl (C=O) groups excluding carboxylic acids is 3. The lowest BCUT2D eigenvalue weighted by Gasteiger charge is -2.26. The van der Waals surface area contributed by atoms with Gasteiger partial charge in [0.15, 0.2) is 11.5 Å². The molecule has 0 saturated heterocycles. The predicted molar refractivity (Wildman–Crippen MR) is 138 cm³/mol. The van der Waals surface area contributed by atoms with Gasteiger partial charge in [0, 0.05) is 12.2 Å². The van der Waals surface area contributed by atoms with Gasteiger partial charge in [-0.3, -0.25) is 19.7 Å². The van der Waals surface area contributed by atoms with Crippen LogP contribution in [0.2, 0.25) is 4.34 Å². The summed E-state index contributed by atoms with van der Waals surface area (Å²) < 4.78 is 12.6. The van der Waals surface area contributed by atoms with Crippen LogP contribution in [0.4, 0.5) is 5.95 Å². The number of hydrogen-bond acceptors (Lipinski definition) is 7. The number of halogens is 1. The second-order valence-corrected chi connectivity index (χ2v) is 9.89. The standard InChI is InChI=1S/C24H28ClN5O5S/c1-14(2)30(23(33)10-15-5-6-17(34-3)18(9-15)35-4)13-22(32)28-24-27-16(11-29(24)12-21(26)31)19-7-8-20(25)36-19/h5-9,11,14H,10,12-13H2,1-4H3,(H2,26,31)(H,27,28,32). The van der Waals surface area contributed by atoms with E-state index in [9.17, 15) is 14.4 Å². The Hall–Kier alpha value is -3.57. The van der Waals surface area contributed by atoms with E-state index in [1.54, 1.807) is 36.5 Å². The summed E-state index contributed by atoms with van der Waals surface area (Å²) in [5.74, 6) is -0.0645. The van der Waals surface area contributed by atoms with Gasteiger partial charge in [0.05, 0.1) is 29.9 Å². The van der Waals surface area contributed by atoms with E-state index < -0.39 is 11.8 Å². The summed E-state index contributed by atoms with van der Waals surface area (Å²) in [5, 5.41) is 2.70. The molecule has 12 heteroatoms. The quantitative estimate of drug-likeness (QED) is 0.389. The average Bonchev–Trinajstić information content (AvgIpc) is 3.42. The number of ether oxygens (including phenoxy) is 2. The van der Waals surface area contributed by atoms with Crippen molar-refractivity contribution in [1.29, 1.82) is 0 Å². The lowest BCUT2D eigenvalue weighted by atomic mass is 10.1. The maximum absolute atomic E-state index is 13.1. The van der Waals surface area contributed by atoms with Crippen LogP contribution in [0.25, 0.3) is 10.6 Å². The minimum atomic E-state index is -0.590. The molecule has 0 aliphatic carbocycles. The molecule has 0 radical (unpaired) electrons. The molecule has 0 atom stereocenters. The van der Waals surface area contributed by atoms with E-state index in [0.29, 0.717) is 21.5 Å². The van der Waals surface area contributed by atoms with Crippen LogP contribution in [0.1, 0.15) is 19.4 Å². The van der Waals surface area contributed by atoms with E-state index in [0.717, 1.165) is 10.4 Å². The van der Waals surface area contributed by atoms with Gasteiger partial charge in [0.25, 0.3) is 0 Å². The third kappa shape index (κ3) is 6.76. The summed E-state index contributed by atoms with van der Waals surface area (Å²) >= 11 is 7.34. The maximum Gasteiger partial charge on any atom is 0.246 e. The van der Waals surface area contributed by atoms with Crippen LogP contribution in [0, 0.1) is 0 Å². The van der Waals surface area contributed by atoms with E-state index in [1.165, 1.54) is 35.0 Å². The number of anilines is 1. The molecule has 0 aliphatic heterocycles. The summed E-state index contributed by atoms with van der Waals surface area (Å²) in [6.45, 7) is 3.28. The topological polar surface area (TPSA) is 129 Å². The highest BCUT2D eigenvalue weighted by molar-refractivity contribution is 7.19. The third-order valence-corrected chi connectivity index (χ3v) is 6.49. The van der Waals surface area contributed by atoms with E-state index in [-0.39, 0.29) is 37.4 Å². The molecule has 3 N–H and O–H groups in total. The second kappa shape index (κ2) is 11.9. The normalized spacial score (nSPS) is 10.8. The molecule has 3 rings (SSSR count). The Labute approximate surface area is 218 Å². The van der Waals surface area contributed by atoms with Crippen molar-refractivity contribution in [3.05, 3.63) is 46.4 Å². The Morgan fingerprint density at radius 2 is 1.89 bits per heavy atom. The number of imidazole rings is 1. The van der Waals surface area contributed by atoms with Crippen LogP contribution in [0.3, 0.4) is 0 Å². The Bertz CT molecular complexity index is 1260. The van der Waals surface area contributed by atoms with Crippen LogP contribution in [-0.2, 0) is 27.3 Å². The van der Waals surface area contributed by atoms with E-state index >= 15 is 0 Å². The molecule has 2 heterocycles. The van der Waals surface area contributed by atoms with Gasteiger partial charge in [-0.15, -0.1) is 11.3 Å². The Kier molecular flexibility index (Phi) is 8.94. The minimum Gasteiger partial charge on any atom is -0.493 e. The molecule has 3 aromatic rings. The summed E-state index contributed by atoms with van der Waals surface area (Å²) in [6, 6.07) is 8.52. The molecule has 2 aromatic heterocycles. The summed E-state index contributed by atoms with van der Waals surface area (Å²) in [6.07, 6.45) is 1.69. The Morgan fingerprint density at radius 1 is 1.17 bits per heavy atom. The number of aromatic nitrogens is 2. The van der Waals surface area contributed by atoms with Crippen LogP contribution < -0.4 is 20.5 Å². The van der Waals surface area contributed by atoms with Crippen LogP contribution in [0.5, 0.6) is 11.5 Å².